The van der Waals surface area contributed by atoms with Gasteiger partial charge in [-0.25, -0.2) is 9.18 Å². The number of halogens is 1. The first kappa shape index (κ1) is 11.5. The zero-order chi connectivity index (χ0) is 12.4. The van der Waals surface area contributed by atoms with E-state index < -0.39 is 5.97 Å². The lowest BCUT2D eigenvalue weighted by Crippen LogP contribution is -2.05. The molecule has 0 saturated heterocycles. The van der Waals surface area contributed by atoms with E-state index in [2.05, 4.69) is 4.98 Å². The van der Waals surface area contributed by atoms with Crippen LogP contribution in [-0.2, 0) is 4.74 Å². The van der Waals surface area contributed by atoms with E-state index in [1.807, 2.05) is 0 Å². The van der Waals surface area contributed by atoms with Crippen LogP contribution in [-0.4, -0.2) is 17.6 Å². The Morgan fingerprint density at radius 1 is 1.47 bits per heavy atom. The van der Waals surface area contributed by atoms with E-state index >= 15 is 0 Å². The Labute approximate surface area is 98.2 Å². The number of hydrogen-bond donors (Lipinski definition) is 0. The Morgan fingerprint density at radius 2 is 2.24 bits per heavy atom. The van der Waals surface area contributed by atoms with Crippen LogP contribution in [0.25, 0.3) is 10.9 Å². The SMILES string of the molecule is CCOC(=O)c1cnc2ccc(C)c(F)c2c1. The number of aromatic nitrogens is 1. The van der Waals surface area contributed by atoms with E-state index in [0.717, 1.165) is 0 Å². The standard InChI is InChI=1S/C13H12FNO2/c1-3-17-13(16)9-6-10-11(15-7-9)5-4-8(2)12(10)14/h4-7H,3H2,1-2H3. The third kappa shape index (κ3) is 2.11. The van der Waals surface area contributed by atoms with E-state index in [-0.39, 0.29) is 18.0 Å². The number of esters is 1. The maximum absolute atomic E-state index is 13.8. The first-order valence-electron chi connectivity index (χ1n) is 5.35. The van der Waals surface area contributed by atoms with Crippen molar-refractivity contribution in [2.24, 2.45) is 0 Å². The number of fused-ring (bicyclic) bond motifs is 1. The fourth-order valence-corrected chi connectivity index (χ4v) is 1.60. The van der Waals surface area contributed by atoms with Gasteiger partial charge >= 0.3 is 5.97 Å². The van der Waals surface area contributed by atoms with Gasteiger partial charge in [-0.15, -0.1) is 0 Å². The van der Waals surface area contributed by atoms with Gasteiger partial charge in [-0.1, -0.05) is 6.07 Å². The average Bonchev–Trinajstić information content (AvgIpc) is 2.34. The zero-order valence-corrected chi connectivity index (χ0v) is 9.66. The molecule has 1 aromatic heterocycles. The summed E-state index contributed by atoms with van der Waals surface area (Å²) in [5.41, 5.74) is 1.32. The highest BCUT2D eigenvalue weighted by molar-refractivity contribution is 5.93. The topological polar surface area (TPSA) is 39.2 Å². The number of nitrogens with zero attached hydrogens (tertiary/aromatic N) is 1. The Balaban J connectivity index is 2.56. The minimum Gasteiger partial charge on any atom is -0.462 e. The van der Waals surface area contributed by atoms with Crippen LogP contribution in [0.1, 0.15) is 22.8 Å². The molecule has 0 unspecified atom stereocenters. The van der Waals surface area contributed by atoms with Crippen molar-refractivity contribution in [3.63, 3.8) is 0 Å². The second-order valence-electron chi connectivity index (χ2n) is 3.71. The molecule has 0 aliphatic carbocycles. The second kappa shape index (κ2) is 4.49. The summed E-state index contributed by atoms with van der Waals surface area (Å²) in [6.45, 7) is 3.68. The van der Waals surface area contributed by atoms with Crippen molar-refractivity contribution in [1.29, 1.82) is 0 Å². The van der Waals surface area contributed by atoms with Crippen molar-refractivity contribution >= 4 is 16.9 Å². The van der Waals surface area contributed by atoms with Crippen molar-refractivity contribution in [3.8, 4) is 0 Å². The molecule has 88 valence electrons. The molecule has 2 rings (SSSR count). The van der Waals surface area contributed by atoms with Crippen LogP contribution in [0.4, 0.5) is 4.39 Å². The molecule has 0 radical (unpaired) electrons. The van der Waals surface area contributed by atoms with Crippen molar-refractivity contribution in [3.05, 3.63) is 41.3 Å². The van der Waals surface area contributed by atoms with E-state index in [4.69, 9.17) is 4.74 Å². The van der Waals surface area contributed by atoms with Crippen molar-refractivity contribution in [2.75, 3.05) is 6.61 Å². The Morgan fingerprint density at radius 3 is 2.94 bits per heavy atom. The first-order chi connectivity index (χ1) is 8.13. The van der Waals surface area contributed by atoms with E-state index in [1.54, 1.807) is 26.0 Å². The van der Waals surface area contributed by atoms with Gasteiger partial charge in [-0.2, -0.15) is 0 Å². The highest BCUT2D eigenvalue weighted by Crippen LogP contribution is 2.20. The number of pyridine rings is 1. The van der Waals surface area contributed by atoms with Gasteiger partial charge in [0, 0.05) is 11.6 Å². The lowest BCUT2D eigenvalue weighted by molar-refractivity contribution is 0.0526. The monoisotopic (exact) mass is 233 g/mol. The molecule has 0 N–H and O–H groups in total. The molecule has 1 aromatic carbocycles. The molecule has 0 aliphatic heterocycles. The largest absolute Gasteiger partial charge is 0.462 e. The second-order valence-corrected chi connectivity index (χ2v) is 3.71. The van der Waals surface area contributed by atoms with Crippen LogP contribution in [0.3, 0.4) is 0 Å². The molecule has 0 fully saturated rings. The normalized spacial score (nSPS) is 10.5. The fraction of sp³-hybridized carbons (Fsp3) is 0.231. The van der Waals surface area contributed by atoms with Gasteiger partial charge in [0.1, 0.15) is 5.82 Å². The molecule has 4 heteroatoms. The molecule has 1 heterocycles. The third-order valence-corrected chi connectivity index (χ3v) is 2.50. The van der Waals surface area contributed by atoms with Crippen molar-refractivity contribution in [2.45, 2.75) is 13.8 Å². The lowest BCUT2D eigenvalue weighted by Gasteiger charge is -2.05. The zero-order valence-electron chi connectivity index (χ0n) is 9.66. The van der Waals surface area contributed by atoms with E-state index in [9.17, 15) is 9.18 Å². The van der Waals surface area contributed by atoms with Crippen LogP contribution in [0.2, 0.25) is 0 Å². The lowest BCUT2D eigenvalue weighted by atomic mass is 10.1. The summed E-state index contributed by atoms with van der Waals surface area (Å²) in [7, 11) is 0. The number of aryl methyl sites for hydroxylation is 1. The molecule has 0 saturated carbocycles. The number of hydrogen-bond acceptors (Lipinski definition) is 3. The Kier molecular flexibility index (Phi) is 3.04. The van der Waals surface area contributed by atoms with Crippen LogP contribution >= 0.6 is 0 Å². The number of ether oxygens (including phenoxy) is 1. The highest BCUT2D eigenvalue weighted by Gasteiger charge is 2.11. The smallest absolute Gasteiger partial charge is 0.339 e. The van der Waals surface area contributed by atoms with Crippen molar-refractivity contribution < 1.29 is 13.9 Å². The molecule has 0 bridgehead atoms. The average molecular weight is 233 g/mol. The van der Waals surface area contributed by atoms with E-state index in [0.29, 0.717) is 16.5 Å². The molecule has 3 nitrogen and oxygen atoms in total. The number of rotatable bonds is 2. The third-order valence-electron chi connectivity index (χ3n) is 2.50. The summed E-state index contributed by atoms with van der Waals surface area (Å²) in [6, 6.07) is 4.86. The summed E-state index contributed by atoms with van der Waals surface area (Å²) in [5.74, 6) is -0.830. The minimum absolute atomic E-state index is 0.267. The molecule has 0 amide bonds. The van der Waals surface area contributed by atoms with Crippen LogP contribution in [0.5, 0.6) is 0 Å². The van der Waals surface area contributed by atoms with Gasteiger partial charge < -0.3 is 4.74 Å². The predicted octanol–water partition coefficient (Wildman–Crippen LogP) is 2.86. The van der Waals surface area contributed by atoms with Crippen LogP contribution in [0.15, 0.2) is 24.4 Å². The van der Waals surface area contributed by atoms with Gasteiger partial charge in [-0.3, -0.25) is 4.98 Å². The molecular formula is C13H12FNO2. The Hall–Kier alpha value is -1.97. The molecule has 2 aromatic rings. The summed E-state index contributed by atoms with van der Waals surface area (Å²) >= 11 is 0. The van der Waals surface area contributed by atoms with Crippen LogP contribution < -0.4 is 0 Å². The van der Waals surface area contributed by atoms with Gasteiger partial charge in [-0.05, 0) is 31.5 Å². The van der Waals surface area contributed by atoms with Gasteiger partial charge in [0.25, 0.3) is 0 Å². The summed E-state index contributed by atoms with van der Waals surface area (Å²) in [6.07, 6.45) is 1.40. The number of carbonyl (C=O) groups excluding carboxylic acids is 1. The summed E-state index contributed by atoms with van der Waals surface area (Å²) in [5, 5.41) is 0.343. The van der Waals surface area contributed by atoms with Crippen LogP contribution in [0, 0.1) is 12.7 Å². The molecule has 0 aliphatic rings. The molecular weight excluding hydrogens is 221 g/mol. The first-order valence-corrected chi connectivity index (χ1v) is 5.35. The highest BCUT2D eigenvalue weighted by atomic mass is 19.1. The van der Waals surface area contributed by atoms with E-state index in [1.165, 1.54) is 12.3 Å². The quantitative estimate of drug-likeness (QED) is 0.749. The molecule has 17 heavy (non-hydrogen) atoms. The maximum atomic E-state index is 13.8. The van der Waals surface area contributed by atoms with Gasteiger partial charge in [0.05, 0.1) is 17.7 Å². The molecule has 0 spiro atoms. The van der Waals surface area contributed by atoms with Crippen molar-refractivity contribution in [1.82, 2.24) is 4.98 Å². The summed E-state index contributed by atoms with van der Waals surface area (Å²) in [4.78, 5) is 15.5. The maximum Gasteiger partial charge on any atom is 0.339 e. The predicted molar refractivity (Wildman–Crippen MR) is 62.4 cm³/mol. The minimum atomic E-state index is -0.484. The fourth-order valence-electron chi connectivity index (χ4n) is 1.60. The van der Waals surface area contributed by atoms with Gasteiger partial charge in [0.2, 0.25) is 0 Å². The Bertz CT molecular complexity index is 581. The number of benzene rings is 1. The number of carbonyl (C=O) groups is 1. The van der Waals surface area contributed by atoms with Gasteiger partial charge in [0.15, 0.2) is 0 Å². The summed E-state index contributed by atoms with van der Waals surface area (Å²) < 4.78 is 18.7. The molecule has 0 atom stereocenters.